The number of carbonyl (C=O) groups is 2. The second-order valence-electron chi connectivity index (χ2n) is 3.97. The lowest BCUT2D eigenvalue weighted by Crippen LogP contribution is -2.40. The van der Waals surface area contributed by atoms with Crippen molar-refractivity contribution in [3.05, 3.63) is 35.9 Å². The summed E-state index contributed by atoms with van der Waals surface area (Å²) in [4.78, 5) is 32.2. The summed E-state index contributed by atoms with van der Waals surface area (Å²) in [6, 6.07) is 8.88. The number of alkyl carbamates (subject to hydrolysis) is 1. The quantitative estimate of drug-likeness (QED) is 0.775. The summed E-state index contributed by atoms with van der Waals surface area (Å²) in [5, 5.41) is 2.03. The zero-order valence-electron chi connectivity index (χ0n) is 11.1. The number of amides is 1. The van der Waals surface area contributed by atoms with E-state index in [1.54, 1.807) is 24.3 Å². The molecular formula is C12H16NO6P. The van der Waals surface area contributed by atoms with Crippen LogP contribution in [0.4, 0.5) is 4.79 Å². The SMILES string of the molecule is COP(=O)(O)C(NC(=O)OCc1ccccc1)C(C)=O. The highest BCUT2D eigenvalue weighted by atomic mass is 31.2. The molecule has 0 saturated heterocycles. The maximum absolute atomic E-state index is 11.6. The third-order valence-corrected chi connectivity index (χ3v) is 4.11. The smallest absolute Gasteiger partial charge is 0.408 e. The van der Waals surface area contributed by atoms with Crippen molar-refractivity contribution in [2.45, 2.75) is 19.3 Å². The molecule has 2 atom stereocenters. The minimum atomic E-state index is -4.25. The predicted octanol–water partition coefficient (Wildman–Crippen LogP) is 1.66. The molecular weight excluding hydrogens is 285 g/mol. The number of ketones is 1. The van der Waals surface area contributed by atoms with Gasteiger partial charge in [0.15, 0.2) is 11.6 Å². The lowest BCUT2D eigenvalue weighted by molar-refractivity contribution is -0.117. The van der Waals surface area contributed by atoms with Crippen molar-refractivity contribution < 1.29 is 28.3 Å². The van der Waals surface area contributed by atoms with E-state index in [0.29, 0.717) is 0 Å². The van der Waals surface area contributed by atoms with Gasteiger partial charge in [0.25, 0.3) is 0 Å². The maximum atomic E-state index is 11.6. The number of ether oxygens (including phenoxy) is 1. The van der Waals surface area contributed by atoms with Gasteiger partial charge in [0.05, 0.1) is 0 Å². The molecule has 1 aromatic rings. The van der Waals surface area contributed by atoms with Gasteiger partial charge in [-0.25, -0.2) is 4.79 Å². The summed E-state index contributed by atoms with van der Waals surface area (Å²) < 4.78 is 20.8. The molecule has 0 bridgehead atoms. The van der Waals surface area contributed by atoms with Crippen molar-refractivity contribution in [1.29, 1.82) is 0 Å². The van der Waals surface area contributed by atoms with Crippen LogP contribution in [0, 0.1) is 0 Å². The van der Waals surface area contributed by atoms with E-state index in [2.05, 4.69) is 4.52 Å². The van der Waals surface area contributed by atoms with Gasteiger partial charge in [0.1, 0.15) is 6.61 Å². The van der Waals surface area contributed by atoms with Crippen molar-refractivity contribution in [2.24, 2.45) is 0 Å². The van der Waals surface area contributed by atoms with E-state index in [0.717, 1.165) is 19.6 Å². The molecule has 1 amide bonds. The number of nitrogens with one attached hydrogen (secondary N) is 1. The van der Waals surface area contributed by atoms with E-state index < -0.39 is 25.3 Å². The van der Waals surface area contributed by atoms with E-state index in [4.69, 9.17) is 4.74 Å². The van der Waals surface area contributed by atoms with Crippen LogP contribution in [0.3, 0.4) is 0 Å². The summed E-state index contributed by atoms with van der Waals surface area (Å²) >= 11 is 0. The van der Waals surface area contributed by atoms with E-state index in [9.17, 15) is 19.0 Å². The van der Waals surface area contributed by atoms with Gasteiger partial charge >= 0.3 is 13.7 Å². The minimum absolute atomic E-state index is 0.0139. The van der Waals surface area contributed by atoms with E-state index in [1.807, 2.05) is 11.4 Å². The van der Waals surface area contributed by atoms with Crippen LogP contribution in [0.15, 0.2) is 30.3 Å². The van der Waals surface area contributed by atoms with Crippen LogP contribution < -0.4 is 5.32 Å². The second-order valence-corrected chi connectivity index (χ2v) is 5.98. The first-order valence-corrected chi connectivity index (χ1v) is 7.37. The average molecular weight is 301 g/mol. The van der Waals surface area contributed by atoms with Crippen LogP contribution in [0.1, 0.15) is 12.5 Å². The van der Waals surface area contributed by atoms with E-state index >= 15 is 0 Å². The first-order valence-electron chi connectivity index (χ1n) is 5.72. The van der Waals surface area contributed by atoms with Gasteiger partial charge in [-0.3, -0.25) is 9.36 Å². The molecule has 0 aliphatic rings. The molecule has 110 valence electrons. The third-order valence-electron chi connectivity index (χ3n) is 2.44. The van der Waals surface area contributed by atoms with Crippen molar-refractivity contribution >= 4 is 19.5 Å². The summed E-state index contributed by atoms with van der Waals surface area (Å²) in [5.74, 6) is -2.34. The Kier molecular flexibility index (Phi) is 5.88. The molecule has 7 nitrogen and oxygen atoms in total. The summed E-state index contributed by atoms with van der Waals surface area (Å²) in [6.07, 6.45) is -0.972. The van der Waals surface area contributed by atoms with Crippen LogP contribution in [0.5, 0.6) is 0 Å². The van der Waals surface area contributed by atoms with Crippen molar-refractivity contribution in [1.82, 2.24) is 5.32 Å². The predicted molar refractivity (Wildman–Crippen MR) is 71.1 cm³/mol. The molecule has 8 heteroatoms. The van der Waals surface area contributed by atoms with Crippen LogP contribution in [0.25, 0.3) is 0 Å². The molecule has 0 fully saturated rings. The Hall–Kier alpha value is -1.69. The maximum Gasteiger partial charge on any atom is 0.408 e. The van der Waals surface area contributed by atoms with E-state index in [-0.39, 0.29) is 6.61 Å². The standard InChI is InChI=1S/C12H16NO6P/c1-9(14)11(20(16,17)18-2)13-12(15)19-8-10-6-4-3-5-7-10/h3-7,11H,8H2,1-2H3,(H,13,15)(H,16,17). The summed E-state index contributed by atoms with van der Waals surface area (Å²) in [7, 11) is -3.27. The highest BCUT2D eigenvalue weighted by molar-refractivity contribution is 7.54. The average Bonchev–Trinajstić information content (AvgIpc) is 2.43. The largest absolute Gasteiger partial charge is 0.445 e. The number of rotatable bonds is 6. The monoisotopic (exact) mass is 301 g/mol. The molecule has 0 spiro atoms. The van der Waals surface area contributed by atoms with Crippen molar-refractivity contribution in [3.8, 4) is 0 Å². The Bertz CT molecular complexity index is 518. The highest BCUT2D eigenvalue weighted by Crippen LogP contribution is 2.45. The Labute approximate surface area is 116 Å². The number of hydrogen-bond donors (Lipinski definition) is 2. The fourth-order valence-electron chi connectivity index (χ4n) is 1.39. The number of carbonyl (C=O) groups excluding carboxylic acids is 2. The number of Topliss-reactive ketones (excluding diaryl/α,β-unsaturated/α-hetero) is 1. The fourth-order valence-corrected chi connectivity index (χ4v) is 2.33. The number of benzene rings is 1. The lowest BCUT2D eigenvalue weighted by Gasteiger charge is -2.19. The van der Waals surface area contributed by atoms with Gasteiger partial charge in [-0.1, -0.05) is 30.3 Å². The van der Waals surface area contributed by atoms with Gasteiger partial charge in [0.2, 0.25) is 0 Å². The van der Waals surface area contributed by atoms with Gasteiger partial charge < -0.3 is 19.5 Å². The van der Waals surface area contributed by atoms with Crippen LogP contribution >= 0.6 is 7.60 Å². The zero-order valence-corrected chi connectivity index (χ0v) is 12.0. The normalized spacial score (nSPS) is 14.9. The minimum Gasteiger partial charge on any atom is -0.445 e. The zero-order chi connectivity index (χ0) is 15.2. The molecule has 0 aliphatic carbocycles. The molecule has 0 aliphatic heterocycles. The van der Waals surface area contributed by atoms with Crippen molar-refractivity contribution in [2.75, 3.05) is 7.11 Å². The summed E-state index contributed by atoms with van der Waals surface area (Å²) in [5.41, 5.74) is 0.751. The Balaban J connectivity index is 2.59. The first-order chi connectivity index (χ1) is 9.36. The third kappa shape index (κ3) is 4.77. The van der Waals surface area contributed by atoms with Crippen molar-refractivity contribution in [3.63, 3.8) is 0 Å². The molecule has 2 N–H and O–H groups in total. The van der Waals surface area contributed by atoms with Gasteiger partial charge in [0, 0.05) is 7.11 Å². The lowest BCUT2D eigenvalue weighted by atomic mass is 10.2. The molecule has 0 aromatic heterocycles. The van der Waals surface area contributed by atoms with Gasteiger partial charge in [-0.05, 0) is 12.5 Å². The molecule has 1 aromatic carbocycles. The van der Waals surface area contributed by atoms with Gasteiger partial charge in [-0.15, -0.1) is 0 Å². The Morgan fingerprint density at radius 1 is 1.35 bits per heavy atom. The molecule has 0 radical (unpaired) electrons. The van der Waals surface area contributed by atoms with Gasteiger partial charge in [-0.2, -0.15) is 0 Å². The second kappa shape index (κ2) is 7.19. The highest BCUT2D eigenvalue weighted by Gasteiger charge is 2.37. The number of hydrogen-bond acceptors (Lipinski definition) is 5. The molecule has 1 rings (SSSR count). The van der Waals surface area contributed by atoms with Crippen LogP contribution in [-0.2, 0) is 25.2 Å². The topological polar surface area (TPSA) is 102 Å². The van der Waals surface area contributed by atoms with Crippen LogP contribution in [0.2, 0.25) is 0 Å². The Morgan fingerprint density at radius 3 is 2.45 bits per heavy atom. The summed E-state index contributed by atoms with van der Waals surface area (Å²) in [6.45, 7) is 1.06. The first kappa shape index (κ1) is 16.4. The van der Waals surface area contributed by atoms with E-state index in [1.165, 1.54) is 0 Å². The molecule has 0 saturated carbocycles. The molecule has 20 heavy (non-hydrogen) atoms. The molecule has 2 unspecified atom stereocenters. The fraction of sp³-hybridized carbons (Fsp3) is 0.333. The Morgan fingerprint density at radius 2 is 1.95 bits per heavy atom. The van der Waals surface area contributed by atoms with Crippen LogP contribution in [-0.4, -0.2) is 29.7 Å². The molecule has 0 heterocycles.